The van der Waals surface area contributed by atoms with E-state index in [1.807, 2.05) is 19.3 Å². The van der Waals surface area contributed by atoms with Gasteiger partial charge in [-0.05, 0) is 49.9 Å². The van der Waals surface area contributed by atoms with Crippen LogP contribution in [-0.2, 0) is 0 Å². The zero-order valence-corrected chi connectivity index (χ0v) is 12.7. The molecule has 21 heavy (non-hydrogen) atoms. The van der Waals surface area contributed by atoms with E-state index >= 15 is 0 Å². The van der Waals surface area contributed by atoms with Crippen LogP contribution in [0.4, 0.5) is 11.6 Å². The molecule has 3 rings (SSSR count). The van der Waals surface area contributed by atoms with Crippen molar-refractivity contribution < 1.29 is 0 Å². The Labute approximate surface area is 126 Å². The summed E-state index contributed by atoms with van der Waals surface area (Å²) in [5.74, 6) is 0.856. The van der Waals surface area contributed by atoms with Gasteiger partial charge >= 0.3 is 0 Å². The van der Waals surface area contributed by atoms with Crippen molar-refractivity contribution in [3.8, 4) is 0 Å². The molecule has 1 N–H and O–H groups in total. The summed E-state index contributed by atoms with van der Waals surface area (Å²) < 4.78 is 0. The first-order valence-electron chi connectivity index (χ1n) is 7.57. The van der Waals surface area contributed by atoms with Crippen LogP contribution in [0.5, 0.6) is 0 Å². The van der Waals surface area contributed by atoms with Crippen LogP contribution in [0.1, 0.15) is 24.0 Å². The van der Waals surface area contributed by atoms with E-state index in [1.54, 1.807) is 0 Å². The molecule has 4 heteroatoms. The summed E-state index contributed by atoms with van der Waals surface area (Å²) in [6.45, 7) is 6.16. The summed E-state index contributed by atoms with van der Waals surface area (Å²) in [4.78, 5) is 11.1. The number of nitrogens with one attached hydrogen (secondary N) is 1. The third-order valence-electron chi connectivity index (χ3n) is 3.93. The second-order valence-corrected chi connectivity index (χ2v) is 5.84. The van der Waals surface area contributed by atoms with Crippen molar-refractivity contribution in [3.63, 3.8) is 0 Å². The Morgan fingerprint density at radius 3 is 2.43 bits per heavy atom. The summed E-state index contributed by atoms with van der Waals surface area (Å²) in [6.07, 6.45) is 6.01. The van der Waals surface area contributed by atoms with Gasteiger partial charge in [-0.2, -0.15) is 0 Å². The summed E-state index contributed by atoms with van der Waals surface area (Å²) in [7, 11) is 0. The molecule has 1 aliphatic rings. The number of piperidine rings is 1. The molecule has 110 valence electrons. The molecule has 0 bridgehead atoms. The molecule has 0 unspecified atom stereocenters. The van der Waals surface area contributed by atoms with Crippen molar-refractivity contribution in [2.45, 2.75) is 32.7 Å². The monoisotopic (exact) mass is 282 g/mol. The normalized spacial score (nSPS) is 16.0. The first kappa shape index (κ1) is 13.9. The highest BCUT2D eigenvalue weighted by Crippen LogP contribution is 2.20. The highest BCUT2D eigenvalue weighted by atomic mass is 15.3. The van der Waals surface area contributed by atoms with Crippen LogP contribution in [0.15, 0.2) is 36.7 Å². The summed E-state index contributed by atoms with van der Waals surface area (Å²) in [5.41, 5.74) is 3.63. The maximum absolute atomic E-state index is 4.42. The quantitative estimate of drug-likeness (QED) is 0.939. The summed E-state index contributed by atoms with van der Waals surface area (Å²) in [5, 5.41) is 3.64. The Bertz CT molecular complexity index is 586. The third kappa shape index (κ3) is 3.51. The molecule has 1 aromatic heterocycles. The molecule has 1 aliphatic heterocycles. The van der Waals surface area contributed by atoms with Crippen molar-refractivity contribution in [3.05, 3.63) is 47.8 Å². The Morgan fingerprint density at radius 2 is 1.76 bits per heavy atom. The lowest BCUT2D eigenvalue weighted by molar-refractivity contribution is 0.520. The van der Waals surface area contributed by atoms with Gasteiger partial charge in [-0.15, -0.1) is 0 Å². The molecule has 0 amide bonds. The number of anilines is 2. The van der Waals surface area contributed by atoms with Crippen LogP contribution >= 0.6 is 0 Å². The molecule has 0 atom stereocenters. The standard InChI is InChI=1S/C17H22N4/c1-13-4-3-5-16(10-13)20-15-6-8-21(9-7-15)17-18-11-14(2)12-19-17/h3-5,10-12,15,20H,6-9H2,1-2H3. The maximum atomic E-state index is 4.42. The molecule has 2 aromatic rings. The first-order valence-corrected chi connectivity index (χ1v) is 7.57. The number of hydrogen-bond acceptors (Lipinski definition) is 4. The number of hydrogen-bond donors (Lipinski definition) is 1. The Kier molecular flexibility index (Phi) is 4.04. The second kappa shape index (κ2) is 6.12. The molecule has 0 radical (unpaired) electrons. The maximum Gasteiger partial charge on any atom is 0.225 e. The highest BCUT2D eigenvalue weighted by molar-refractivity contribution is 5.46. The molecule has 0 spiro atoms. The largest absolute Gasteiger partial charge is 0.382 e. The molecule has 1 saturated heterocycles. The Morgan fingerprint density at radius 1 is 1.05 bits per heavy atom. The van der Waals surface area contributed by atoms with E-state index in [0.717, 1.165) is 37.4 Å². The fraction of sp³-hybridized carbons (Fsp3) is 0.412. The smallest absolute Gasteiger partial charge is 0.225 e. The minimum Gasteiger partial charge on any atom is -0.382 e. The molecule has 4 nitrogen and oxygen atoms in total. The van der Waals surface area contributed by atoms with Gasteiger partial charge in [0.25, 0.3) is 0 Å². The number of benzene rings is 1. The minimum absolute atomic E-state index is 0.536. The summed E-state index contributed by atoms with van der Waals surface area (Å²) >= 11 is 0. The van der Waals surface area contributed by atoms with Gasteiger partial charge < -0.3 is 10.2 Å². The molecule has 1 fully saturated rings. The van der Waals surface area contributed by atoms with Crippen molar-refractivity contribution in [2.75, 3.05) is 23.3 Å². The SMILES string of the molecule is Cc1cnc(N2CCC(Nc3cccc(C)c3)CC2)nc1. The van der Waals surface area contributed by atoms with E-state index in [9.17, 15) is 0 Å². The third-order valence-corrected chi connectivity index (χ3v) is 3.93. The first-order chi connectivity index (χ1) is 10.2. The zero-order chi connectivity index (χ0) is 14.7. The fourth-order valence-corrected chi connectivity index (χ4v) is 2.74. The van der Waals surface area contributed by atoms with Crippen LogP contribution in [-0.4, -0.2) is 29.1 Å². The fourth-order valence-electron chi connectivity index (χ4n) is 2.74. The number of nitrogens with zero attached hydrogens (tertiary/aromatic N) is 3. The van der Waals surface area contributed by atoms with E-state index in [4.69, 9.17) is 0 Å². The molecule has 0 saturated carbocycles. The number of aryl methyl sites for hydroxylation is 2. The summed E-state index contributed by atoms with van der Waals surface area (Å²) in [6, 6.07) is 9.11. The Hall–Kier alpha value is -2.10. The van der Waals surface area contributed by atoms with Crippen molar-refractivity contribution in [2.24, 2.45) is 0 Å². The van der Waals surface area contributed by atoms with Crippen molar-refractivity contribution >= 4 is 11.6 Å². The number of rotatable bonds is 3. The van der Waals surface area contributed by atoms with E-state index in [1.165, 1.54) is 11.3 Å². The van der Waals surface area contributed by atoms with Crippen LogP contribution in [0, 0.1) is 13.8 Å². The predicted molar refractivity (Wildman–Crippen MR) is 86.8 cm³/mol. The average molecular weight is 282 g/mol. The minimum atomic E-state index is 0.536. The van der Waals surface area contributed by atoms with Crippen molar-refractivity contribution in [1.29, 1.82) is 0 Å². The van der Waals surface area contributed by atoms with Gasteiger partial charge in [-0.3, -0.25) is 0 Å². The topological polar surface area (TPSA) is 41.1 Å². The zero-order valence-electron chi connectivity index (χ0n) is 12.7. The lowest BCUT2D eigenvalue weighted by Crippen LogP contribution is -2.39. The van der Waals surface area contributed by atoms with E-state index < -0.39 is 0 Å². The van der Waals surface area contributed by atoms with E-state index in [0.29, 0.717) is 6.04 Å². The van der Waals surface area contributed by atoms with Gasteiger partial charge in [0.15, 0.2) is 0 Å². The molecule has 1 aromatic carbocycles. The lowest BCUT2D eigenvalue weighted by Gasteiger charge is -2.32. The molecule has 2 heterocycles. The second-order valence-electron chi connectivity index (χ2n) is 5.84. The van der Waals surface area contributed by atoms with Gasteiger partial charge in [0.2, 0.25) is 5.95 Å². The molecule has 0 aliphatic carbocycles. The van der Waals surface area contributed by atoms with Gasteiger partial charge in [-0.25, -0.2) is 9.97 Å². The average Bonchev–Trinajstić information content (AvgIpc) is 2.49. The molecular weight excluding hydrogens is 260 g/mol. The van der Waals surface area contributed by atoms with Crippen LogP contribution in [0.3, 0.4) is 0 Å². The van der Waals surface area contributed by atoms with Gasteiger partial charge in [0.05, 0.1) is 0 Å². The van der Waals surface area contributed by atoms with Crippen LogP contribution in [0.2, 0.25) is 0 Å². The van der Waals surface area contributed by atoms with E-state index in [2.05, 4.69) is 51.4 Å². The van der Waals surface area contributed by atoms with Gasteiger partial charge in [0.1, 0.15) is 0 Å². The molecular formula is C17H22N4. The van der Waals surface area contributed by atoms with Gasteiger partial charge in [0, 0.05) is 37.2 Å². The predicted octanol–water partition coefficient (Wildman–Crippen LogP) is 3.17. The van der Waals surface area contributed by atoms with Crippen LogP contribution in [0.25, 0.3) is 0 Å². The van der Waals surface area contributed by atoms with Gasteiger partial charge in [-0.1, -0.05) is 12.1 Å². The Balaban J connectivity index is 1.56. The number of aromatic nitrogens is 2. The lowest BCUT2D eigenvalue weighted by atomic mass is 10.0. The van der Waals surface area contributed by atoms with E-state index in [-0.39, 0.29) is 0 Å². The highest BCUT2D eigenvalue weighted by Gasteiger charge is 2.20. The van der Waals surface area contributed by atoms with Crippen molar-refractivity contribution in [1.82, 2.24) is 9.97 Å². The van der Waals surface area contributed by atoms with Crippen LogP contribution < -0.4 is 10.2 Å².